The maximum Gasteiger partial charge on any atom is 0.305 e. The molecule has 0 bridgehead atoms. The van der Waals surface area contributed by atoms with Crippen LogP contribution in [0, 0.1) is 0 Å². The number of esters is 1. The summed E-state index contributed by atoms with van der Waals surface area (Å²) in [7, 11) is 6.10. The minimum absolute atomic E-state index is 0.0705. The average Bonchev–Trinajstić information content (AvgIpc) is 3.71. The summed E-state index contributed by atoms with van der Waals surface area (Å²) in [5, 5.41) is 3.23. The first-order valence-corrected chi connectivity index (χ1v) is 20.9. The molecule has 1 unspecified atom stereocenters. The number of rotatable bonds is 21. The largest absolute Gasteiger partial charge is 0.491 e. The van der Waals surface area contributed by atoms with Crippen LogP contribution in [0.2, 0.25) is 0 Å². The number of carbonyl (C=O) groups excluding carboxylic acids is 1. The maximum atomic E-state index is 12.0. The number of hydrogen-bond acceptors (Lipinski definition) is 8. The van der Waals surface area contributed by atoms with Crippen LogP contribution >= 0.6 is 21.6 Å². The molecule has 0 N–H and O–H groups in total. The highest BCUT2D eigenvalue weighted by molar-refractivity contribution is 8.77. The minimum atomic E-state index is -0.0705. The van der Waals surface area contributed by atoms with Gasteiger partial charge in [-0.1, -0.05) is 76.5 Å². The SMILES string of the molecule is C[n+]1c2ccccc2c(-c2ccc(OCCOCCOCCOc3ccc(CCCOC(=O)CCCCC4CCSS4)cc3)cc2)c2ccccc21. The maximum absolute atomic E-state index is 12.0. The summed E-state index contributed by atoms with van der Waals surface area (Å²) < 4.78 is 30.8. The Labute approximate surface area is 315 Å². The third-order valence-electron chi connectivity index (χ3n) is 9.26. The molecule has 4 aromatic carbocycles. The number of benzene rings is 4. The van der Waals surface area contributed by atoms with E-state index in [-0.39, 0.29) is 5.97 Å². The van der Waals surface area contributed by atoms with Crippen molar-refractivity contribution < 1.29 is 33.0 Å². The number of carbonyl (C=O) groups is 1. The van der Waals surface area contributed by atoms with Gasteiger partial charge in [0.05, 0.1) is 43.8 Å². The molecule has 2 heterocycles. The summed E-state index contributed by atoms with van der Waals surface area (Å²) >= 11 is 0. The van der Waals surface area contributed by atoms with Gasteiger partial charge in [0, 0.05) is 35.1 Å². The number of fused-ring (bicyclic) bond motifs is 2. The molecule has 0 amide bonds. The molecule has 1 aliphatic heterocycles. The predicted octanol–water partition coefficient (Wildman–Crippen LogP) is 9.17. The van der Waals surface area contributed by atoms with Gasteiger partial charge < -0.3 is 23.7 Å². The second-order valence-corrected chi connectivity index (χ2v) is 15.7. The molecule has 5 aromatic rings. The van der Waals surface area contributed by atoms with Gasteiger partial charge in [-0.3, -0.25) is 4.79 Å². The molecule has 52 heavy (non-hydrogen) atoms. The van der Waals surface area contributed by atoms with Crippen LogP contribution in [0.15, 0.2) is 97.1 Å². The summed E-state index contributed by atoms with van der Waals surface area (Å²) in [6.45, 7) is 3.38. The Morgan fingerprint density at radius 1 is 0.692 bits per heavy atom. The summed E-state index contributed by atoms with van der Waals surface area (Å²) in [5.74, 6) is 2.83. The van der Waals surface area contributed by atoms with Crippen LogP contribution in [0.3, 0.4) is 0 Å². The second kappa shape index (κ2) is 20.5. The van der Waals surface area contributed by atoms with E-state index >= 15 is 0 Å². The summed E-state index contributed by atoms with van der Waals surface area (Å²) in [5.41, 5.74) is 6.00. The quantitative estimate of drug-likeness (QED) is 0.0243. The molecule has 9 heteroatoms. The number of nitrogens with zero attached hydrogens (tertiary/aromatic N) is 1. The number of ether oxygens (including phenoxy) is 5. The van der Waals surface area contributed by atoms with E-state index in [0.717, 1.165) is 48.0 Å². The lowest BCUT2D eigenvalue weighted by atomic mass is 9.96. The Bertz CT molecular complexity index is 1790. The van der Waals surface area contributed by atoms with Gasteiger partial charge in [0.25, 0.3) is 0 Å². The van der Waals surface area contributed by atoms with E-state index in [1.165, 1.54) is 51.5 Å². The van der Waals surface area contributed by atoms with E-state index in [4.69, 9.17) is 23.7 Å². The molecule has 274 valence electrons. The monoisotopic (exact) mass is 740 g/mol. The number of aryl methyl sites for hydroxylation is 2. The zero-order valence-electron chi connectivity index (χ0n) is 30.1. The first-order valence-electron chi connectivity index (χ1n) is 18.5. The summed E-state index contributed by atoms with van der Waals surface area (Å²) in [4.78, 5) is 12.0. The molecular formula is C43H50NO6S2+. The molecule has 0 aliphatic carbocycles. The normalized spacial score (nSPS) is 14.2. The summed E-state index contributed by atoms with van der Waals surface area (Å²) in [6, 6.07) is 33.5. The smallest absolute Gasteiger partial charge is 0.305 e. The number of pyridine rings is 1. The Kier molecular flexibility index (Phi) is 15.0. The summed E-state index contributed by atoms with van der Waals surface area (Å²) in [6.07, 6.45) is 6.78. The third-order valence-corrected chi connectivity index (χ3v) is 12.3. The molecule has 1 atom stereocenters. The van der Waals surface area contributed by atoms with Crippen LogP contribution in [0.1, 0.15) is 44.1 Å². The highest BCUT2D eigenvalue weighted by Gasteiger charge is 2.19. The molecule has 1 saturated heterocycles. The van der Waals surface area contributed by atoms with Crippen molar-refractivity contribution in [3.05, 3.63) is 103 Å². The molecule has 1 fully saturated rings. The van der Waals surface area contributed by atoms with Crippen molar-refractivity contribution in [1.29, 1.82) is 0 Å². The Balaban J connectivity index is 0.791. The van der Waals surface area contributed by atoms with Gasteiger partial charge in [0.2, 0.25) is 11.0 Å². The van der Waals surface area contributed by atoms with Crippen LogP contribution in [0.5, 0.6) is 11.5 Å². The van der Waals surface area contributed by atoms with Crippen LogP contribution in [-0.2, 0) is 32.5 Å². The second-order valence-electron chi connectivity index (χ2n) is 13.0. The Morgan fingerprint density at radius 3 is 1.90 bits per heavy atom. The van der Waals surface area contributed by atoms with E-state index in [2.05, 4.69) is 84.4 Å². The standard InChI is InChI=1S/C43H50NO6S2/c1-44-40-13-5-3-11-38(40)43(39-12-4-6-14-41(39)44)34-18-22-36(23-19-34)49-31-29-47-27-26-46-28-30-48-35-20-16-33(17-21-35)9-8-25-50-42(45)15-7-2-10-37-24-32-51-52-37/h3-6,11-14,16-23,37H,2,7-10,15,24-32H2,1H3/q+1. The number of hydrogen-bond donors (Lipinski definition) is 0. The van der Waals surface area contributed by atoms with Gasteiger partial charge in [-0.2, -0.15) is 4.57 Å². The number of para-hydroxylation sites is 2. The van der Waals surface area contributed by atoms with Crippen molar-refractivity contribution >= 4 is 49.4 Å². The van der Waals surface area contributed by atoms with E-state index in [9.17, 15) is 4.79 Å². The molecule has 6 rings (SSSR count). The van der Waals surface area contributed by atoms with Crippen LogP contribution in [0.25, 0.3) is 32.9 Å². The Morgan fingerprint density at radius 2 is 1.29 bits per heavy atom. The zero-order chi connectivity index (χ0) is 35.8. The highest BCUT2D eigenvalue weighted by atomic mass is 33.1. The van der Waals surface area contributed by atoms with Crippen molar-refractivity contribution in [2.24, 2.45) is 7.05 Å². The van der Waals surface area contributed by atoms with E-state index in [1.54, 1.807) is 0 Å². The van der Waals surface area contributed by atoms with Gasteiger partial charge in [0.15, 0.2) is 0 Å². The molecule has 0 radical (unpaired) electrons. The van der Waals surface area contributed by atoms with Gasteiger partial charge in [-0.15, -0.1) is 0 Å². The highest BCUT2D eigenvalue weighted by Crippen LogP contribution is 2.40. The van der Waals surface area contributed by atoms with Crippen molar-refractivity contribution in [1.82, 2.24) is 0 Å². The minimum Gasteiger partial charge on any atom is -0.491 e. The molecule has 7 nitrogen and oxygen atoms in total. The molecule has 0 saturated carbocycles. The predicted molar refractivity (Wildman–Crippen MR) is 213 cm³/mol. The topological polar surface area (TPSA) is 67.1 Å². The van der Waals surface area contributed by atoms with Gasteiger partial charge >= 0.3 is 5.97 Å². The van der Waals surface area contributed by atoms with Crippen LogP contribution < -0.4 is 14.0 Å². The lowest BCUT2D eigenvalue weighted by Crippen LogP contribution is -2.30. The fraction of sp³-hybridized carbons (Fsp3) is 0.395. The fourth-order valence-corrected chi connectivity index (χ4v) is 9.54. The lowest BCUT2D eigenvalue weighted by Gasteiger charge is -2.12. The van der Waals surface area contributed by atoms with Gasteiger partial charge in [-0.25, -0.2) is 0 Å². The van der Waals surface area contributed by atoms with Crippen LogP contribution in [0.4, 0.5) is 0 Å². The van der Waals surface area contributed by atoms with Crippen molar-refractivity contribution in [2.45, 2.75) is 50.2 Å². The lowest BCUT2D eigenvalue weighted by molar-refractivity contribution is -0.617. The fourth-order valence-electron chi connectivity index (χ4n) is 6.51. The molecule has 0 spiro atoms. The molecule has 1 aliphatic rings. The number of aromatic nitrogens is 1. The van der Waals surface area contributed by atoms with Crippen molar-refractivity contribution in [2.75, 3.05) is 52.0 Å². The Hall–Kier alpha value is -3.76. The molecule has 1 aromatic heterocycles. The van der Waals surface area contributed by atoms with Gasteiger partial charge in [-0.05, 0) is 79.6 Å². The van der Waals surface area contributed by atoms with E-state index in [0.29, 0.717) is 52.7 Å². The molecular weight excluding hydrogens is 691 g/mol. The first-order chi connectivity index (χ1) is 25.7. The van der Waals surface area contributed by atoms with Crippen LogP contribution in [-0.4, -0.2) is 63.2 Å². The number of unbranched alkanes of at least 4 members (excludes halogenated alkanes) is 1. The first kappa shape index (κ1) is 38.0. The van der Waals surface area contributed by atoms with E-state index < -0.39 is 0 Å². The zero-order valence-corrected chi connectivity index (χ0v) is 31.8. The average molecular weight is 741 g/mol. The third kappa shape index (κ3) is 11.1. The van der Waals surface area contributed by atoms with Crippen molar-refractivity contribution in [3.63, 3.8) is 0 Å². The van der Waals surface area contributed by atoms with Gasteiger partial charge in [0.1, 0.15) is 31.8 Å². The van der Waals surface area contributed by atoms with E-state index in [1.807, 2.05) is 45.9 Å². The van der Waals surface area contributed by atoms with Crippen molar-refractivity contribution in [3.8, 4) is 22.6 Å².